The third-order valence-electron chi connectivity index (χ3n) is 0.665. The Morgan fingerprint density at radius 2 is 1.54 bits per heavy atom. The van der Waals surface area contributed by atoms with Gasteiger partial charge in [0.15, 0.2) is 0 Å². The average Bonchev–Trinajstić information content (AvgIpc) is 2.10. The van der Waals surface area contributed by atoms with Crippen LogP contribution in [0.15, 0.2) is 22.0 Å². The highest BCUT2D eigenvalue weighted by atomic mass is 15.2. The summed E-state index contributed by atoms with van der Waals surface area (Å²) in [5, 5.41) is 6.97. The molecule has 0 saturated carbocycles. The molecule has 0 saturated heterocycles. The van der Waals surface area contributed by atoms with Crippen LogP contribution in [-0.4, -0.2) is 12.4 Å². The van der Waals surface area contributed by atoms with Crippen molar-refractivity contribution >= 4 is 12.4 Å². The summed E-state index contributed by atoms with van der Waals surface area (Å²) in [6.07, 6.45) is 1.73. The quantitative estimate of drug-likeness (QED) is 0.522. The number of nitrogens with two attached hydrogens (primary N) is 1. The van der Waals surface area contributed by atoms with Crippen molar-refractivity contribution in [3.63, 3.8) is 0 Å². The molecular weight excluding hydrogens is 162 g/mol. The van der Waals surface area contributed by atoms with Gasteiger partial charge < -0.3 is 5.73 Å². The van der Waals surface area contributed by atoms with Crippen LogP contribution in [0.1, 0.15) is 41.5 Å². The van der Waals surface area contributed by atoms with Gasteiger partial charge in [-0.05, 0) is 19.9 Å². The fourth-order valence-electron chi connectivity index (χ4n) is 0.470. The van der Waals surface area contributed by atoms with Gasteiger partial charge in [0.1, 0.15) is 0 Å². The topological polar surface area (TPSA) is 50.7 Å². The largest absolute Gasteiger partial charge is 0.402 e. The number of hydrogen-bond donors (Lipinski definition) is 1. The molecule has 0 spiro atoms. The molecule has 0 fully saturated rings. The van der Waals surface area contributed by atoms with E-state index < -0.39 is 0 Å². The van der Waals surface area contributed by atoms with Crippen molar-refractivity contribution in [1.29, 1.82) is 0 Å². The van der Waals surface area contributed by atoms with E-state index in [1.165, 1.54) is 0 Å². The minimum absolute atomic E-state index is 0.722. The molecule has 3 nitrogen and oxygen atoms in total. The SMILES string of the molecule is C=N/N=C(C)\C=C(/C)N.CC.CC. The molecule has 0 aromatic carbocycles. The molecule has 0 atom stereocenters. The fraction of sp³-hybridized carbons (Fsp3) is 0.600. The number of nitrogens with zero attached hydrogens (tertiary/aromatic N) is 2. The van der Waals surface area contributed by atoms with Crippen molar-refractivity contribution in [2.75, 3.05) is 0 Å². The lowest BCUT2D eigenvalue weighted by atomic mass is 10.3. The molecule has 0 heterocycles. The molecular formula is C10H23N3. The van der Waals surface area contributed by atoms with E-state index in [2.05, 4.69) is 16.9 Å². The zero-order valence-electron chi connectivity index (χ0n) is 9.76. The summed E-state index contributed by atoms with van der Waals surface area (Å²) in [6, 6.07) is 0. The molecule has 0 aromatic rings. The molecule has 0 aliphatic carbocycles. The molecule has 0 aromatic heterocycles. The Labute approximate surface area is 82.4 Å². The Kier molecular flexibility index (Phi) is 23.5. The maximum absolute atomic E-state index is 5.34. The molecule has 0 amide bonds. The fourth-order valence-corrected chi connectivity index (χ4v) is 0.470. The van der Waals surface area contributed by atoms with Gasteiger partial charge in [0.25, 0.3) is 0 Å². The second-order valence-corrected chi connectivity index (χ2v) is 1.77. The second-order valence-electron chi connectivity index (χ2n) is 1.77. The highest BCUT2D eigenvalue weighted by Gasteiger charge is 1.81. The van der Waals surface area contributed by atoms with E-state index in [4.69, 9.17) is 5.73 Å². The summed E-state index contributed by atoms with van der Waals surface area (Å²) in [6.45, 7) is 14.8. The van der Waals surface area contributed by atoms with Crippen molar-refractivity contribution in [2.45, 2.75) is 41.5 Å². The van der Waals surface area contributed by atoms with E-state index in [1.54, 1.807) is 13.0 Å². The van der Waals surface area contributed by atoms with Crippen molar-refractivity contribution in [2.24, 2.45) is 15.9 Å². The molecule has 0 rings (SSSR count). The predicted octanol–water partition coefficient (Wildman–Crippen LogP) is 2.98. The zero-order chi connectivity index (χ0) is 11.3. The Morgan fingerprint density at radius 1 is 1.15 bits per heavy atom. The molecule has 13 heavy (non-hydrogen) atoms. The lowest BCUT2D eigenvalue weighted by molar-refractivity contribution is 1.25. The smallest absolute Gasteiger partial charge is 0.0616 e. The first-order valence-corrected chi connectivity index (χ1v) is 4.61. The zero-order valence-corrected chi connectivity index (χ0v) is 9.76. The van der Waals surface area contributed by atoms with Gasteiger partial charge in [-0.15, -0.1) is 0 Å². The summed E-state index contributed by atoms with van der Waals surface area (Å²) in [5.74, 6) is 0. The minimum Gasteiger partial charge on any atom is -0.402 e. The molecule has 2 N–H and O–H groups in total. The minimum atomic E-state index is 0.722. The molecule has 0 unspecified atom stereocenters. The molecule has 0 radical (unpaired) electrons. The number of allylic oxidation sites excluding steroid dienone is 2. The van der Waals surface area contributed by atoms with E-state index in [9.17, 15) is 0 Å². The van der Waals surface area contributed by atoms with E-state index in [0.717, 1.165) is 11.4 Å². The predicted molar refractivity (Wildman–Crippen MR) is 63.3 cm³/mol. The van der Waals surface area contributed by atoms with Gasteiger partial charge in [0.2, 0.25) is 0 Å². The van der Waals surface area contributed by atoms with Crippen LogP contribution in [0.25, 0.3) is 0 Å². The summed E-state index contributed by atoms with van der Waals surface area (Å²) in [5.41, 5.74) is 6.83. The van der Waals surface area contributed by atoms with Gasteiger partial charge in [-0.1, -0.05) is 27.7 Å². The van der Waals surface area contributed by atoms with E-state index in [1.807, 2.05) is 34.6 Å². The van der Waals surface area contributed by atoms with Gasteiger partial charge in [0, 0.05) is 12.4 Å². The van der Waals surface area contributed by atoms with Gasteiger partial charge in [-0.25, -0.2) is 0 Å². The first-order valence-electron chi connectivity index (χ1n) is 4.61. The van der Waals surface area contributed by atoms with E-state index >= 15 is 0 Å². The monoisotopic (exact) mass is 185 g/mol. The molecule has 0 bridgehead atoms. The van der Waals surface area contributed by atoms with Gasteiger partial charge in [-0.3, -0.25) is 0 Å². The molecule has 3 heteroatoms. The van der Waals surface area contributed by atoms with Crippen molar-refractivity contribution in [3.8, 4) is 0 Å². The summed E-state index contributed by atoms with van der Waals surface area (Å²) < 4.78 is 0. The van der Waals surface area contributed by atoms with Crippen molar-refractivity contribution < 1.29 is 0 Å². The van der Waals surface area contributed by atoms with Crippen LogP contribution in [-0.2, 0) is 0 Å². The normalized spacial score (nSPS) is 10.3. The van der Waals surface area contributed by atoms with Crippen molar-refractivity contribution in [1.82, 2.24) is 0 Å². The molecule has 0 aliphatic heterocycles. The second kappa shape index (κ2) is 17.1. The van der Waals surface area contributed by atoms with Gasteiger partial charge in [0.05, 0.1) is 5.71 Å². The Morgan fingerprint density at radius 3 is 1.77 bits per heavy atom. The first-order chi connectivity index (χ1) is 6.16. The average molecular weight is 185 g/mol. The highest BCUT2D eigenvalue weighted by molar-refractivity contribution is 5.93. The van der Waals surface area contributed by atoms with Gasteiger partial charge in [-0.2, -0.15) is 10.2 Å². The van der Waals surface area contributed by atoms with Crippen molar-refractivity contribution in [3.05, 3.63) is 11.8 Å². The van der Waals surface area contributed by atoms with Crippen LogP contribution in [0, 0.1) is 0 Å². The Balaban J connectivity index is -0.000000218. The van der Waals surface area contributed by atoms with Gasteiger partial charge >= 0.3 is 0 Å². The van der Waals surface area contributed by atoms with Crippen LogP contribution in [0.5, 0.6) is 0 Å². The Hall–Kier alpha value is -1.12. The van der Waals surface area contributed by atoms with Crippen LogP contribution < -0.4 is 5.73 Å². The third kappa shape index (κ3) is 24.8. The third-order valence-corrected chi connectivity index (χ3v) is 0.665. The standard InChI is InChI=1S/C6H11N3.2C2H6/c1-5(7)4-6(2)9-8-3;2*1-2/h4H,3,7H2,1-2H3;2*1-2H3/b5-4+,9-6-;;. The first kappa shape index (κ1) is 17.8. The highest BCUT2D eigenvalue weighted by Crippen LogP contribution is 1.84. The molecule has 0 aliphatic rings. The summed E-state index contributed by atoms with van der Waals surface area (Å²) in [7, 11) is 0. The summed E-state index contributed by atoms with van der Waals surface area (Å²) >= 11 is 0. The lowest BCUT2D eigenvalue weighted by Crippen LogP contribution is -1.94. The van der Waals surface area contributed by atoms with E-state index in [0.29, 0.717) is 0 Å². The Bertz CT molecular complexity index is 154. The number of hydrogen-bond acceptors (Lipinski definition) is 3. The maximum Gasteiger partial charge on any atom is 0.0616 e. The van der Waals surface area contributed by atoms with E-state index in [-0.39, 0.29) is 0 Å². The maximum atomic E-state index is 5.34. The van der Waals surface area contributed by atoms with Crippen LogP contribution in [0.3, 0.4) is 0 Å². The summed E-state index contributed by atoms with van der Waals surface area (Å²) in [4.78, 5) is 0. The number of rotatable bonds is 2. The molecule has 78 valence electrons. The van der Waals surface area contributed by atoms with Crippen LogP contribution in [0.4, 0.5) is 0 Å². The van der Waals surface area contributed by atoms with Crippen LogP contribution >= 0.6 is 0 Å². The lowest BCUT2D eigenvalue weighted by Gasteiger charge is -1.87. The van der Waals surface area contributed by atoms with Crippen LogP contribution in [0.2, 0.25) is 0 Å².